The Bertz CT molecular complexity index is 462. The molecule has 0 spiro atoms. The molecule has 4 nitrogen and oxygen atoms in total. The van der Waals surface area contributed by atoms with Gasteiger partial charge < -0.3 is 10.0 Å². The summed E-state index contributed by atoms with van der Waals surface area (Å²) in [6, 6.07) is 0. The van der Waals surface area contributed by atoms with Crippen LogP contribution in [0.2, 0.25) is 0 Å². The number of halogens is 1. The lowest BCUT2D eigenvalue weighted by molar-refractivity contribution is -0.0240. The Labute approximate surface area is 130 Å². The molecule has 20 heavy (non-hydrogen) atoms. The first-order chi connectivity index (χ1) is 9.31. The first-order valence-electron chi connectivity index (χ1n) is 7.43. The van der Waals surface area contributed by atoms with Crippen LogP contribution in [-0.2, 0) is 13.5 Å². The van der Waals surface area contributed by atoms with Gasteiger partial charge in [0.05, 0.1) is 21.5 Å². The highest BCUT2D eigenvalue weighted by Gasteiger charge is 2.34. The van der Waals surface area contributed by atoms with Crippen LogP contribution in [0.5, 0.6) is 0 Å². The van der Waals surface area contributed by atoms with Gasteiger partial charge in [0.2, 0.25) is 0 Å². The van der Waals surface area contributed by atoms with Gasteiger partial charge in [-0.25, -0.2) is 0 Å². The van der Waals surface area contributed by atoms with Crippen molar-refractivity contribution in [1.29, 1.82) is 0 Å². The number of hydrogen-bond donors (Lipinski definition) is 1. The highest BCUT2D eigenvalue weighted by Crippen LogP contribution is 2.30. The molecule has 5 heteroatoms. The fourth-order valence-corrected chi connectivity index (χ4v) is 3.50. The molecule has 1 aromatic rings. The number of aliphatic hydroxyl groups is 1. The lowest BCUT2D eigenvalue weighted by Gasteiger charge is -2.39. The fourth-order valence-electron chi connectivity index (χ4n) is 3.03. The molecule has 0 unspecified atom stereocenters. The second-order valence-corrected chi connectivity index (χ2v) is 7.36. The standard InChI is InChI=1S/C15H26BrN3O/c1-11(2)10-19-7-5-15(20,6-8-19)9-13-14(16)12(3)17-18(13)4/h11,20H,5-10H2,1-4H3. The first kappa shape index (κ1) is 16.0. The minimum Gasteiger partial charge on any atom is -0.389 e. The van der Waals surface area contributed by atoms with Gasteiger partial charge in [-0.2, -0.15) is 5.10 Å². The maximum atomic E-state index is 10.8. The fraction of sp³-hybridized carbons (Fsp3) is 0.800. The van der Waals surface area contributed by atoms with Crippen LogP contribution in [0.4, 0.5) is 0 Å². The topological polar surface area (TPSA) is 41.3 Å². The molecule has 0 saturated carbocycles. The average Bonchev–Trinajstić information content (AvgIpc) is 2.59. The zero-order valence-corrected chi connectivity index (χ0v) is 14.6. The van der Waals surface area contributed by atoms with Crippen LogP contribution < -0.4 is 0 Å². The first-order valence-corrected chi connectivity index (χ1v) is 8.23. The number of piperidine rings is 1. The normalized spacial score (nSPS) is 19.8. The van der Waals surface area contributed by atoms with Crippen molar-refractivity contribution in [3.63, 3.8) is 0 Å². The molecule has 0 amide bonds. The minimum atomic E-state index is -0.587. The smallest absolute Gasteiger partial charge is 0.0738 e. The summed E-state index contributed by atoms with van der Waals surface area (Å²) in [4.78, 5) is 2.46. The summed E-state index contributed by atoms with van der Waals surface area (Å²) in [5.74, 6) is 0.690. The average molecular weight is 344 g/mol. The molecular weight excluding hydrogens is 318 g/mol. The molecule has 0 aliphatic carbocycles. The lowest BCUT2D eigenvalue weighted by atomic mass is 9.86. The van der Waals surface area contributed by atoms with E-state index in [0.717, 1.165) is 48.3 Å². The predicted octanol–water partition coefficient (Wildman–Crippen LogP) is 2.52. The number of nitrogens with zero attached hydrogens (tertiary/aromatic N) is 3. The van der Waals surface area contributed by atoms with Gasteiger partial charge in [0, 0.05) is 33.1 Å². The molecule has 0 atom stereocenters. The third kappa shape index (κ3) is 3.62. The Morgan fingerprint density at radius 3 is 2.40 bits per heavy atom. The molecular formula is C15H26BrN3O. The highest BCUT2D eigenvalue weighted by atomic mass is 79.9. The van der Waals surface area contributed by atoms with Gasteiger partial charge in [0.25, 0.3) is 0 Å². The molecule has 0 bridgehead atoms. The lowest BCUT2D eigenvalue weighted by Crippen LogP contribution is -2.46. The van der Waals surface area contributed by atoms with Crippen LogP contribution in [0.25, 0.3) is 0 Å². The van der Waals surface area contributed by atoms with Crippen molar-refractivity contribution in [3.05, 3.63) is 15.9 Å². The summed E-state index contributed by atoms with van der Waals surface area (Å²) in [5.41, 5.74) is 1.50. The van der Waals surface area contributed by atoms with Crippen molar-refractivity contribution >= 4 is 15.9 Å². The van der Waals surface area contributed by atoms with Crippen LogP contribution in [0.15, 0.2) is 4.47 Å². The van der Waals surface area contributed by atoms with Crippen molar-refractivity contribution in [2.75, 3.05) is 19.6 Å². The van der Waals surface area contributed by atoms with Crippen molar-refractivity contribution in [1.82, 2.24) is 14.7 Å². The van der Waals surface area contributed by atoms with Crippen LogP contribution >= 0.6 is 15.9 Å². The van der Waals surface area contributed by atoms with Crippen molar-refractivity contribution in [2.45, 2.75) is 45.6 Å². The van der Waals surface area contributed by atoms with E-state index in [9.17, 15) is 5.11 Å². The second kappa shape index (κ2) is 6.16. The summed E-state index contributed by atoms with van der Waals surface area (Å²) < 4.78 is 2.93. The molecule has 1 saturated heterocycles. The van der Waals surface area contributed by atoms with Crippen molar-refractivity contribution < 1.29 is 5.11 Å². The molecule has 1 N–H and O–H groups in total. The Balaban J connectivity index is 2.00. The number of hydrogen-bond acceptors (Lipinski definition) is 3. The van der Waals surface area contributed by atoms with Crippen molar-refractivity contribution in [2.24, 2.45) is 13.0 Å². The number of rotatable bonds is 4. The maximum absolute atomic E-state index is 10.8. The van der Waals surface area contributed by atoms with Gasteiger partial charge in [-0.15, -0.1) is 0 Å². The zero-order chi connectivity index (χ0) is 14.9. The highest BCUT2D eigenvalue weighted by molar-refractivity contribution is 9.10. The van der Waals surface area contributed by atoms with E-state index in [4.69, 9.17) is 0 Å². The van der Waals surface area contributed by atoms with Gasteiger partial charge in [0.15, 0.2) is 0 Å². The van der Waals surface area contributed by atoms with Gasteiger partial charge in [-0.05, 0) is 41.6 Å². The Kier molecular flexibility index (Phi) is 4.92. The number of aryl methyl sites for hydroxylation is 2. The van der Waals surface area contributed by atoms with E-state index in [2.05, 4.69) is 39.8 Å². The van der Waals surface area contributed by atoms with Crippen LogP contribution in [-0.4, -0.2) is 45.0 Å². The van der Waals surface area contributed by atoms with Crippen molar-refractivity contribution in [3.8, 4) is 0 Å². The monoisotopic (exact) mass is 343 g/mol. The largest absolute Gasteiger partial charge is 0.389 e. The molecule has 2 rings (SSSR count). The van der Waals surface area contributed by atoms with E-state index in [1.807, 2.05) is 18.7 Å². The van der Waals surface area contributed by atoms with Crippen LogP contribution in [0, 0.1) is 12.8 Å². The van der Waals surface area contributed by atoms with Crippen LogP contribution in [0.1, 0.15) is 38.1 Å². The van der Waals surface area contributed by atoms with E-state index in [0.29, 0.717) is 12.3 Å². The molecule has 1 aromatic heterocycles. The second-order valence-electron chi connectivity index (χ2n) is 6.57. The summed E-state index contributed by atoms with van der Waals surface area (Å²) in [6.07, 6.45) is 2.37. The number of likely N-dealkylation sites (tertiary alicyclic amines) is 1. The maximum Gasteiger partial charge on any atom is 0.0738 e. The molecule has 1 aliphatic rings. The Morgan fingerprint density at radius 1 is 1.35 bits per heavy atom. The molecule has 1 fully saturated rings. The van der Waals surface area contributed by atoms with Gasteiger partial charge in [0.1, 0.15) is 0 Å². The summed E-state index contributed by atoms with van der Waals surface area (Å²) in [7, 11) is 1.95. The van der Waals surface area contributed by atoms with Gasteiger partial charge >= 0.3 is 0 Å². The van der Waals surface area contributed by atoms with Crippen LogP contribution in [0.3, 0.4) is 0 Å². The molecule has 2 heterocycles. The zero-order valence-electron chi connectivity index (χ0n) is 13.0. The number of aromatic nitrogens is 2. The third-order valence-electron chi connectivity index (χ3n) is 4.17. The van der Waals surface area contributed by atoms with Gasteiger partial charge in [-0.3, -0.25) is 4.68 Å². The van der Waals surface area contributed by atoms with E-state index in [1.54, 1.807) is 0 Å². The molecule has 1 aliphatic heterocycles. The summed E-state index contributed by atoms with van der Waals surface area (Å²) in [6.45, 7) is 9.59. The molecule has 0 aromatic carbocycles. The Hall–Kier alpha value is -0.390. The van der Waals surface area contributed by atoms with E-state index < -0.39 is 5.60 Å². The minimum absolute atomic E-state index is 0.587. The van der Waals surface area contributed by atoms with Gasteiger partial charge in [-0.1, -0.05) is 13.8 Å². The quantitative estimate of drug-likeness (QED) is 0.913. The van der Waals surface area contributed by atoms with E-state index in [1.165, 1.54) is 0 Å². The summed E-state index contributed by atoms with van der Waals surface area (Å²) in [5, 5.41) is 15.3. The van der Waals surface area contributed by atoms with E-state index >= 15 is 0 Å². The molecule has 114 valence electrons. The Morgan fingerprint density at radius 2 is 1.95 bits per heavy atom. The third-order valence-corrected chi connectivity index (χ3v) is 5.20. The predicted molar refractivity (Wildman–Crippen MR) is 84.8 cm³/mol. The SMILES string of the molecule is Cc1nn(C)c(CC2(O)CCN(CC(C)C)CC2)c1Br. The summed E-state index contributed by atoms with van der Waals surface area (Å²) >= 11 is 3.59. The van der Waals surface area contributed by atoms with E-state index in [-0.39, 0.29) is 0 Å². The molecule has 0 radical (unpaired) electrons.